The number of ether oxygens (including phenoxy) is 1. The topological polar surface area (TPSA) is 56.2 Å². The Balaban J connectivity index is 2.12. The van der Waals surface area contributed by atoms with Gasteiger partial charge in [-0.1, -0.05) is 13.8 Å². The van der Waals surface area contributed by atoms with Gasteiger partial charge in [0.15, 0.2) is 8.38 Å². The lowest BCUT2D eigenvalue weighted by Crippen LogP contribution is -2.36. The van der Waals surface area contributed by atoms with E-state index in [-0.39, 0.29) is 38.1 Å². The molecule has 0 saturated carbocycles. The summed E-state index contributed by atoms with van der Waals surface area (Å²) in [7, 11) is -0.800. The third kappa shape index (κ3) is 7.73. The first-order valence-corrected chi connectivity index (χ1v) is 14.5. The molecular formula is C26H33F6N2O3PS. The van der Waals surface area contributed by atoms with E-state index in [0.717, 1.165) is 24.9 Å². The number of fused-ring (bicyclic) bond motifs is 1. The molecule has 0 bridgehead atoms. The van der Waals surface area contributed by atoms with Crippen molar-refractivity contribution in [2.45, 2.75) is 74.6 Å². The summed E-state index contributed by atoms with van der Waals surface area (Å²) < 4.78 is 91.4. The van der Waals surface area contributed by atoms with Crippen LogP contribution in [0.25, 0.3) is 0 Å². The fraction of sp³-hybridized carbons (Fsp3) is 0.538. The molecule has 2 aromatic carbocycles. The minimum absolute atomic E-state index is 0.0697. The highest BCUT2D eigenvalue weighted by Gasteiger charge is 2.40. The third-order valence-electron chi connectivity index (χ3n) is 7.10. The van der Waals surface area contributed by atoms with E-state index in [1.807, 2.05) is 0 Å². The Labute approximate surface area is 230 Å². The van der Waals surface area contributed by atoms with Gasteiger partial charge in [0.05, 0.1) is 21.3 Å². The van der Waals surface area contributed by atoms with Crippen LogP contribution in [0.15, 0.2) is 41.3 Å². The predicted molar refractivity (Wildman–Crippen MR) is 142 cm³/mol. The highest BCUT2D eigenvalue weighted by molar-refractivity contribution is 7.97. The van der Waals surface area contributed by atoms with Gasteiger partial charge in [-0.3, -0.25) is 0 Å². The van der Waals surface area contributed by atoms with E-state index in [1.165, 1.54) is 30.3 Å². The van der Waals surface area contributed by atoms with E-state index in [4.69, 9.17) is 4.74 Å². The van der Waals surface area contributed by atoms with E-state index in [0.29, 0.717) is 10.6 Å². The number of benzene rings is 2. The summed E-state index contributed by atoms with van der Waals surface area (Å²) in [4.78, 5) is 21.9. The van der Waals surface area contributed by atoms with Crippen LogP contribution < -0.4 is 9.64 Å². The lowest BCUT2D eigenvalue weighted by atomic mass is 10.0. The van der Waals surface area contributed by atoms with Gasteiger partial charge in [0.25, 0.3) is 0 Å². The molecule has 0 aromatic heterocycles. The average molecular weight is 599 g/mol. The van der Waals surface area contributed by atoms with Crippen molar-refractivity contribution >= 4 is 31.7 Å². The molecule has 0 radical (unpaired) electrons. The number of rotatable bonds is 10. The van der Waals surface area contributed by atoms with E-state index in [9.17, 15) is 36.1 Å². The number of nitrogens with zero attached hydrogens (tertiary/aromatic N) is 2. The molecule has 218 valence electrons. The minimum atomic E-state index is -4.81. The van der Waals surface area contributed by atoms with Crippen molar-refractivity contribution in [3.63, 3.8) is 0 Å². The molecule has 0 fully saturated rings. The SMILES string of the molecule is CCC(CC)(COc1cc2c(cc1C(F)(F)F)N(c1ccc(F)cc1)C[C@@H](CCC(C)(F)F)N(C)S2)P(O)O. The van der Waals surface area contributed by atoms with Crippen LogP contribution in [0, 0.1) is 5.82 Å². The Hall–Kier alpha value is -1.72. The zero-order valence-corrected chi connectivity index (χ0v) is 23.8. The molecular weight excluding hydrogens is 565 g/mol. The van der Waals surface area contributed by atoms with Gasteiger partial charge >= 0.3 is 6.18 Å². The number of hydrogen-bond acceptors (Lipinski definition) is 6. The second-order valence-electron chi connectivity index (χ2n) is 9.81. The third-order valence-corrected chi connectivity index (χ3v) is 9.82. The van der Waals surface area contributed by atoms with Gasteiger partial charge in [-0.2, -0.15) is 13.2 Å². The van der Waals surface area contributed by atoms with E-state index < -0.39 is 55.2 Å². The molecule has 1 heterocycles. The monoisotopic (exact) mass is 598 g/mol. The van der Waals surface area contributed by atoms with Gasteiger partial charge in [0, 0.05) is 24.7 Å². The van der Waals surface area contributed by atoms with Crippen molar-refractivity contribution in [1.82, 2.24) is 4.31 Å². The van der Waals surface area contributed by atoms with Crippen molar-refractivity contribution in [2.24, 2.45) is 0 Å². The summed E-state index contributed by atoms with van der Waals surface area (Å²) in [6, 6.07) is 6.96. The Morgan fingerprint density at radius 3 is 2.18 bits per heavy atom. The molecule has 3 rings (SSSR count). The molecule has 0 saturated heterocycles. The predicted octanol–water partition coefficient (Wildman–Crippen LogP) is 7.97. The van der Waals surface area contributed by atoms with Crippen LogP contribution in [0.2, 0.25) is 0 Å². The standard InChI is InChI=1S/C26H33F6N2O3PS/c1-5-25(6-2,38(35)36)16-37-22-14-23-21(13-20(22)26(30,31)32)34(18-9-7-17(27)8-10-18)15-19(33(4)39-23)11-12-24(3,28)29/h7-10,13-14,19,35-36H,5-6,11-12,15-16H2,1-4H3/t19-/m1/s1. The number of hydrogen-bond donors (Lipinski definition) is 2. The number of likely N-dealkylation sites (N-methyl/N-ethyl adjacent to an activating group) is 1. The first-order valence-electron chi connectivity index (χ1n) is 12.5. The average Bonchev–Trinajstić information content (AvgIpc) is 2.98. The van der Waals surface area contributed by atoms with Gasteiger partial charge in [-0.25, -0.2) is 17.5 Å². The summed E-state index contributed by atoms with van der Waals surface area (Å²) in [5.41, 5.74) is -0.477. The molecule has 13 heteroatoms. The summed E-state index contributed by atoms with van der Waals surface area (Å²) >= 11 is 1.11. The van der Waals surface area contributed by atoms with Crippen LogP contribution in [0.4, 0.5) is 37.7 Å². The molecule has 2 N–H and O–H groups in total. The number of alkyl halides is 5. The number of anilines is 2. The van der Waals surface area contributed by atoms with Gasteiger partial charge in [-0.05, 0) is 81.6 Å². The summed E-state index contributed by atoms with van der Waals surface area (Å²) in [6.45, 7) is 3.99. The van der Waals surface area contributed by atoms with Crippen molar-refractivity contribution in [3.8, 4) is 5.75 Å². The Bertz CT molecular complexity index is 1110. The quantitative estimate of drug-likeness (QED) is 0.164. The van der Waals surface area contributed by atoms with Crippen LogP contribution in [0.1, 0.15) is 52.0 Å². The molecule has 1 aliphatic heterocycles. The molecule has 0 amide bonds. The fourth-order valence-electron chi connectivity index (χ4n) is 4.39. The van der Waals surface area contributed by atoms with Gasteiger partial charge < -0.3 is 19.4 Å². The van der Waals surface area contributed by atoms with Gasteiger partial charge in [0.1, 0.15) is 18.2 Å². The highest BCUT2D eigenvalue weighted by Crippen LogP contribution is 2.50. The molecule has 39 heavy (non-hydrogen) atoms. The number of halogens is 6. The van der Waals surface area contributed by atoms with Crippen molar-refractivity contribution in [2.75, 3.05) is 25.1 Å². The minimum Gasteiger partial charge on any atom is -0.492 e. The lowest BCUT2D eigenvalue weighted by molar-refractivity contribution is -0.139. The van der Waals surface area contributed by atoms with Crippen LogP contribution in [-0.2, 0) is 6.18 Å². The molecule has 1 atom stereocenters. The van der Waals surface area contributed by atoms with Crippen molar-refractivity contribution in [3.05, 3.63) is 47.8 Å². The van der Waals surface area contributed by atoms with E-state index in [1.54, 1.807) is 30.1 Å². The smallest absolute Gasteiger partial charge is 0.420 e. The molecule has 0 aliphatic carbocycles. The zero-order valence-electron chi connectivity index (χ0n) is 22.1. The van der Waals surface area contributed by atoms with Gasteiger partial charge in [-0.15, -0.1) is 0 Å². The van der Waals surface area contributed by atoms with Crippen molar-refractivity contribution < 1.29 is 40.9 Å². The Morgan fingerprint density at radius 1 is 1.05 bits per heavy atom. The maximum absolute atomic E-state index is 14.3. The fourth-order valence-corrected chi connectivity index (χ4v) is 6.19. The lowest BCUT2D eigenvalue weighted by Gasteiger charge is -2.33. The van der Waals surface area contributed by atoms with Gasteiger partial charge in [0.2, 0.25) is 5.92 Å². The second kappa shape index (κ2) is 12.4. The first-order chi connectivity index (χ1) is 18.1. The summed E-state index contributed by atoms with van der Waals surface area (Å²) in [5.74, 6) is -3.91. The molecule has 0 spiro atoms. The largest absolute Gasteiger partial charge is 0.492 e. The summed E-state index contributed by atoms with van der Waals surface area (Å²) in [5, 5.41) is -1.11. The Kier molecular flexibility index (Phi) is 10.1. The normalized spacial score (nSPS) is 17.4. The molecule has 0 unspecified atom stereocenters. The molecule has 5 nitrogen and oxygen atoms in total. The first kappa shape index (κ1) is 31.8. The van der Waals surface area contributed by atoms with E-state index >= 15 is 0 Å². The zero-order chi connectivity index (χ0) is 29.2. The van der Waals surface area contributed by atoms with Crippen molar-refractivity contribution in [1.29, 1.82) is 0 Å². The maximum atomic E-state index is 14.3. The molecule has 2 aromatic rings. The van der Waals surface area contributed by atoms with Crippen LogP contribution in [0.5, 0.6) is 5.75 Å². The summed E-state index contributed by atoms with van der Waals surface area (Å²) in [6.07, 6.45) is -4.59. The van der Waals surface area contributed by atoms with E-state index in [2.05, 4.69) is 0 Å². The van der Waals surface area contributed by atoms with Crippen LogP contribution in [-0.4, -0.2) is 51.4 Å². The van der Waals surface area contributed by atoms with Crippen LogP contribution in [0.3, 0.4) is 0 Å². The molecule has 1 aliphatic rings. The highest BCUT2D eigenvalue weighted by atomic mass is 32.2. The Morgan fingerprint density at radius 2 is 1.67 bits per heavy atom. The maximum Gasteiger partial charge on any atom is 0.420 e. The second-order valence-corrected chi connectivity index (χ2v) is 12.5. The van der Waals surface area contributed by atoms with Crippen LogP contribution >= 0.6 is 20.3 Å².